The van der Waals surface area contributed by atoms with Gasteiger partial charge in [-0.05, 0) is 25.0 Å². The molecule has 0 N–H and O–H groups in total. The second-order valence-corrected chi connectivity index (χ2v) is 7.39. The number of pyridine rings is 2. The van der Waals surface area contributed by atoms with Gasteiger partial charge in [-0.25, -0.2) is 13.9 Å². The van der Waals surface area contributed by atoms with Crippen LogP contribution in [-0.2, 0) is 14.1 Å². The van der Waals surface area contributed by atoms with Gasteiger partial charge in [0.05, 0.1) is 0 Å². The number of hydrogen-bond donors (Lipinski definition) is 0. The van der Waals surface area contributed by atoms with E-state index in [4.69, 9.17) is 4.74 Å². The Hall–Kier alpha value is -2.96. The predicted octanol–water partition coefficient (Wildman–Crippen LogP) is 2.10. The average Bonchev–Trinajstić information content (AvgIpc) is 2.69. The maximum absolute atomic E-state index is 12.4. The zero-order valence-corrected chi connectivity index (χ0v) is 17.9. The van der Waals surface area contributed by atoms with Crippen molar-refractivity contribution in [2.45, 2.75) is 25.7 Å². The summed E-state index contributed by atoms with van der Waals surface area (Å²) < 4.78 is 9.07. The number of rotatable bonds is 9. The molecule has 2 amide bonds. The Bertz CT molecular complexity index is 825. The van der Waals surface area contributed by atoms with Crippen molar-refractivity contribution in [2.24, 2.45) is 14.1 Å². The van der Waals surface area contributed by atoms with E-state index in [1.165, 1.54) is 0 Å². The van der Waals surface area contributed by atoms with E-state index in [0.29, 0.717) is 17.9 Å². The average molecular weight is 401 g/mol. The van der Waals surface area contributed by atoms with Gasteiger partial charge in [0.15, 0.2) is 24.3 Å². The summed E-state index contributed by atoms with van der Waals surface area (Å²) in [5, 5.41) is 0. The standard InChI is InChI=1S/C22H32N4O3/c1-23-13-9-11-19(17-23)21(27)25(3)15-7-5-6-8-16-26(4)22(28)29-20-12-10-14-24(2)18-20/h9-14,17-18H,5-8,15-16H2,1-4H3/q+2. The molecule has 2 aromatic heterocycles. The van der Waals surface area contributed by atoms with Crippen molar-refractivity contribution in [3.8, 4) is 5.75 Å². The lowest BCUT2D eigenvalue weighted by atomic mass is 10.1. The van der Waals surface area contributed by atoms with E-state index in [1.807, 2.05) is 67.1 Å². The maximum Gasteiger partial charge on any atom is 0.415 e. The third kappa shape index (κ3) is 7.52. The molecule has 0 bridgehead atoms. The van der Waals surface area contributed by atoms with Crippen molar-refractivity contribution < 1.29 is 23.5 Å². The van der Waals surface area contributed by atoms with E-state index >= 15 is 0 Å². The van der Waals surface area contributed by atoms with Crippen molar-refractivity contribution >= 4 is 12.0 Å². The molecule has 0 saturated carbocycles. The molecule has 0 spiro atoms. The molecule has 0 atom stereocenters. The summed E-state index contributed by atoms with van der Waals surface area (Å²) >= 11 is 0. The van der Waals surface area contributed by atoms with Crippen LogP contribution in [0.15, 0.2) is 49.1 Å². The number of ether oxygens (including phenoxy) is 1. The lowest BCUT2D eigenvalue weighted by molar-refractivity contribution is -0.671. The number of amides is 2. The van der Waals surface area contributed by atoms with Crippen LogP contribution in [0, 0.1) is 0 Å². The van der Waals surface area contributed by atoms with Crippen LogP contribution in [0.25, 0.3) is 0 Å². The smallest absolute Gasteiger partial charge is 0.404 e. The molecule has 7 heteroatoms. The molecule has 2 rings (SSSR count). The number of unbranched alkanes of at least 4 members (excludes halogenated alkanes) is 3. The largest absolute Gasteiger partial charge is 0.415 e. The normalized spacial score (nSPS) is 10.5. The number of hydrogen-bond acceptors (Lipinski definition) is 3. The van der Waals surface area contributed by atoms with E-state index in [-0.39, 0.29) is 12.0 Å². The second kappa shape index (κ2) is 11.1. The van der Waals surface area contributed by atoms with Crippen LogP contribution >= 0.6 is 0 Å². The summed E-state index contributed by atoms with van der Waals surface area (Å²) in [7, 11) is 7.37. The van der Waals surface area contributed by atoms with Gasteiger partial charge in [0.2, 0.25) is 6.20 Å². The Morgan fingerprint density at radius 1 is 0.862 bits per heavy atom. The van der Waals surface area contributed by atoms with Gasteiger partial charge in [-0.15, -0.1) is 0 Å². The first-order valence-corrected chi connectivity index (χ1v) is 9.96. The summed E-state index contributed by atoms with van der Waals surface area (Å²) in [4.78, 5) is 27.9. The minimum absolute atomic E-state index is 0.0398. The van der Waals surface area contributed by atoms with Crippen LogP contribution in [0.4, 0.5) is 4.79 Å². The quantitative estimate of drug-likeness (QED) is 0.478. The molecule has 7 nitrogen and oxygen atoms in total. The van der Waals surface area contributed by atoms with Crippen LogP contribution < -0.4 is 13.9 Å². The van der Waals surface area contributed by atoms with Gasteiger partial charge in [-0.2, -0.15) is 0 Å². The zero-order valence-electron chi connectivity index (χ0n) is 17.9. The molecule has 0 aliphatic rings. The molecule has 2 heterocycles. The van der Waals surface area contributed by atoms with Crippen molar-refractivity contribution in [2.75, 3.05) is 27.2 Å². The highest BCUT2D eigenvalue weighted by atomic mass is 16.6. The number of nitrogens with zero attached hydrogens (tertiary/aromatic N) is 4. The number of aryl methyl sites for hydroxylation is 2. The Balaban J connectivity index is 1.61. The molecule has 0 aromatic carbocycles. The van der Waals surface area contributed by atoms with E-state index in [2.05, 4.69) is 0 Å². The van der Waals surface area contributed by atoms with Gasteiger partial charge in [0.1, 0.15) is 19.7 Å². The van der Waals surface area contributed by atoms with Crippen LogP contribution in [0.5, 0.6) is 5.75 Å². The first-order valence-electron chi connectivity index (χ1n) is 9.96. The van der Waals surface area contributed by atoms with Crippen molar-refractivity contribution in [3.63, 3.8) is 0 Å². The molecule has 0 radical (unpaired) electrons. The Kier molecular flexibility index (Phi) is 8.58. The van der Waals surface area contributed by atoms with Crippen LogP contribution in [0.1, 0.15) is 36.0 Å². The third-order valence-electron chi connectivity index (χ3n) is 4.70. The first-order chi connectivity index (χ1) is 13.9. The molecule has 2 aromatic rings. The molecular formula is C22H32N4O3+2. The third-order valence-corrected chi connectivity index (χ3v) is 4.70. The van der Waals surface area contributed by atoms with Gasteiger partial charge in [0, 0.05) is 39.3 Å². The minimum Gasteiger partial charge on any atom is -0.404 e. The molecule has 0 aliphatic carbocycles. The highest BCUT2D eigenvalue weighted by Crippen LogP contribution is 2.09. The summed E-state index contributed by atoms with van der Waals surface area (Å²) in [6.45, 7) is 1.37. The Labute approximate surface area is 173 Å². The number of carbonyl (C=O) groups is 2. The number of aromatic nitrogens is 2. The highest BCUT2D eigenvalue weighted by Gasteiger charge is 2.14. The fraction of sp³-hybridized carbons (Fsp3) is 0.455. The topological polar surface area (TPSA) is 57.6 Å². The van der Waals surface area contributed by atoms with Crippen molar-refractivity contribution in [1.82, 2.24) is 9.80 Å². The van der Waals surface area contributed by atoms with Gasteiger partial charge >= 0.3 is 6.09 Å². The maximum atomic E-state index is 12.4. The molecule has 0 aliphatic heterocycles. The van der Waals surface area contributed by atoms with E-state index < -0.39 is 0 Å². The van der Waals surface area contributed by atoms with Gasteiger partial charge < -0.3 is 14.5 Å². The van der Waals surface area contributed by atoms with Crippen LogP contribution in [0.3, 0.4) is 0 Å². The lowest BCUT2D eigenvalue weighted by Crippen LogP contribution is -2.33. The molecule has 0 saturated heterocycles. The van der Waals surface area contributed by atoms with Crippen LogP contribution in [-0.4, -0.2) is 49.0 Å². The number of carbonyl (C=O) groups excluding carboxylic acids is 2. The van der Waals surface area contributed by atoms with E-state index in [9.17, 15) is 9.59 Å². The summed E-state index contributed by atoms with van der Waals surface area (Å²) in [5.74, 6) is 0.574. The molecule has 29 heavy (non-hydrogen) atoms. The summed E-state index contributed by atoms with van der Waals surface area (Å²) in [6, 6.07) is 7.31. The molecular weight excluding hydrogens is 368 g/mol. The van der Waals surface area contributed by atoms with Gasteiger partial charge in [-0.3, -0.25) is 4.79 Å². The van der Waals surface area contributed by atoms with Crippen molar-refractivity contribution in [3.05, 3.63) is 54.6 Å². The minimum atomic E-state index is -0.349. The fourth-order valence-electron chi connectivity index (χ4n) is 2.98. The molecule has 0 fully saturated rings. The lowest BCUT2D eigenvalue weighted by Gasteiger charge is -2.17. The van der Waals surface area contributed by atoms with E-state index in [1.54, 1.807) is 29.1 Å². The zero-order chi connectivity index (χ0) is 21.2. The monoisotopic (exact) mass is 400 g/mol. The highest BCUT2D eigenvalue weighted by molar-refractivity contribution is 5.93. The predicted molar refractivity (Wildman–Crippen MR) is 109 cm³/mol. The second-order valence-electron chi connectivity index (χ2n) is 7.39. The van der Waals surface area contributed by atoms with Crippen molar-refractivity contribution in [1.29, 1.82) is 0 Å². The Morgan fingerprint density at radius 3 is 2.07 bits per heavy atom. The first kappa shape index (κ1) is 22.3. The molecule has 156 valence electrons. The Morgan fingerprint density at radius 2 is 1.45 bits per heavy atom. The summed E-state index contributed by atoms with van der Waals surface area (Å²) in [6.07, 6.45) is 10.9. The molecule has 0 unspecified atom stereocenters. The van der Waals surface area contributed by atoms with E-state index in [0.717, 1.165) is 32.2 Å². The van der Waals surface area contributed by atoms with Gasteiger partial charge in [-0.1, -0.05) is 12.8 Å². The fourth-order valence-corrected chi connectivity index (χ4v) is 2.98. The summed E-state index contributed by atoms with van der Waals surface area (Å²) in [5.41, 5.74) is 0.699. The van der Waals surface area contributed by atoms with Crippen LogP contribution in [0.2, 0.25) is 0 Å². The SMILES string of the molecule is CN(CCCCCCN(C)C(=O)c1ccc[n+](C)c1)C(=O)Oc1ccc[n+](C)c1. The van der Waals surface area contributed by atoms with Gasteiger partial charge in [0.25, 0.3) is 5.91 Å².